The molecule has 0 aliphatic carbocycles. The summed E-state index contributed by atoms with van der Waals surface area (Å²) in [6, 6.07) is 10.7. The van der Waals surface area contributed by atoms with Crippen LogP contribution in [0.15, 0.2) is 48.7 Å². The van der Waals surface area contributed by atoms with E-state index in [0.717, 1.165) is 5.56 Å². The SMILES string of the molecule is O=C(Nc1nn(Cc2ccc(Cl)cc2Cl)cc1Cl)c1ccccc1OC(F)F. The molecule has 28 heavy (non-hydrogen) atoms. The van der Waals surface area contributed by atoms with Gasteiger partial charge in [0.15, 0.2) is 5.82 Å². The number of alkyl halides is 2. The van der Waals surface area contributed by atoms with Crippen molar-refractivity contribution < 1.29 is 18.3 Å². The Balaban J connectivity index is 1.78. The molecular formula is C18H12Cl3F2N3O2. The molecule has 0 aliphatic heterocycles. The van der Waals surface area contributed by atoms with Crippen molar-refractivity contribution in [3.63, 3.8) is 0 Å². The summed E-state index contributed by atoms with van der Waals surface area (Å²) >= 11 is 18.2. The molecule has 0 bridgehead atoms. The molecule has 0 unspecified atom stereocenters. The number of nitrogens with zero attached hydrogens (tertiary/aromatic N) is 2. The predicted molar refractivity (Wildman–Crippen MR) is 104 cm³/mol. The van der Waals surface area contributed by atoms with E-state index < -0.39 is 12.5 Å². The molecule has 0 saturated heterocycles. The lowest BCUT2D eigenvalue weighted by atomic mass is 10.2. The van der Waals surface area contributed by atoms with Gasteiger partial charge in [0.25, 0.3) is 5.91 Å². The van der Waals surface area contributed by atoms with Crippen molar-refractivity contribution >= 4 is 46.5 Å². The van der Waals surface area contributed by atoms with E-state index in [2.05, 4.69) is 15.2 Å². The number of para-hydroxylation sites is 1. The summed E-state index contributed by atoms with van der Waals surface area (Å²) in [5, 5.41) is 7.82. The van der Waals surface area contributed by atoms with Crippen LogP contribution in [0.4, 0.5) is 14.6 Å². The molecule has 0 atom stereocenters. The summed E-state index contributed by atoms with van der Waals surface area (Å²) in [5.41, 5.74) is 0.674. The molecule has 1 heterocycles. The minimum atomic E-state index is -3.05. The molecule has 1 aromatic heterocycles. The number of hydrogen-bond donors (Lipinski definition) is 1. The van der Waals surface area contributed by atoms with Gasteiger partial charge in [0.05, 0.1) is 12.1 Å². The number of nitrogens with one attached hydrogen (secondary N) is 1. The number of ether oxygens (including phenoxy) is 1. The molecule has 3 rings (SSSR count). The van der Waals surface area contributed by atoms with Gasteiger partial charge in [0, 0.05) is 16.2 Å². The number of carbonyl (C=O) groups excluding carboxylic acids is 1. The van der Waals surface area contributed by atoms with Gasteiger partial charge in [0.1, 0.15) is 10.8 Å². The van der Waals surface area contributed by atoms with Gasteiger partial charge < -0.3 is 10.1 Å². The van der Waals surface area contributed by atoms with Crippen LogP contribution in [0, 0.1) is 0 Å². The quantitative estimate of drug-likeness (QED) is 0.525. The first-order valence-electron chi connectivity index (χ1n) is 7.85. The maximum atomic E-state index is 12.5. The van der Waals surface area contributed by atoms with E-state index in [1.54, 1.807) is 18.2 Å². The van der Waals surface area contributed by atoms with Gasteiger partial charge in [-0.2, -0.15) is 13.9 Å². The molecule has 10 heteroatoms. The summed E-state index contributed by atoms with van der Waals surface area (Å²) in [6.07, 6.45) is 1.50. The Morgan fingerprint density at radius 2 is 1.89 bits per heavy atom. The van der Waals surface area contributed by atoms with Crippen molar-refractivity contribution in [1.29, 1.82) is 0 Å². The Morgan fingerprint density at radius 1 is 1.14 bits per heavy atom. The van der Waals surface area contributed by atoms with Crippen molar-refractivity contribution in [3.05, 3.63) is 74.9 Å². The molecule has 1 amide bonds. The third-order valence-electron chi connectivity index (χ3n) is 3.64. The fraction of sp³-hybridized carbons (Fsp3) is 0.111. The van der Waals surface area contributed by atoms with E-state index in [4.69, 9.17) is 34.8 Å². The number of carbonyl (C=O) groups is 1. The fourth-order valence-electron chi connectivity index (χ4n) is 2.42. The first-order valence-corrected chi connectivity index (χ1v) is 8.99. The van der Waals surface area contributed by atoms with E-state index in [1.807, 2.05) is 0 Å². The molecule has 2 aromatic carbocycles. The van der Waals surface area contributed by atoms with Crippen LogP contribution in [-0.2, 0) is 6.54 Å². The van der Waals surface area contributed by atoms with Gasteiger partial charge in [-0.25, -0.2) is 0 Å². The Bertz CT molecular complexity index is 1010. The fourth-order valence-corrected chi connectivity index (χ4v) is 3.08. The average molecular weight is 447 g/mol. The molecule has 146 valence electrons. The first kappa shape index (κ1) is 20.4. The minimum Gasteiger partial charge on any atom is -0.434 e. The van der Waals surface area contributed by atoms with Gasteiger partial charge in [-0.15, -0.1) is 0 Å². The number of rotatable bonds is 6. The third-order valence-corrected chi connectivity index (χ3v) is 4.51. The van der Waals surface area contributed by atoms with Gasteiger partial charge in [-0.3, -0.25) is 9.48 Å². The van der Waals surface area contributed by atoms with E-state index in [1.165, 1.54) is 35.1 Å². The number of benzene rings is 2. The highest BCUT2D eigenvalue weighted by atomic mass is 35.5. The average Bonchev–Trinajstić information content (AvgIpc) is 2.96. The Kier molecular flexibility index (Phi) is 6.39. The number of anilines is 1. The first-order chi connectivity index (χ1) is 13.3. The summed E-state index contributed by atoms with van der Waals surface area (Å²) < 4.78 is 30.9. The number of halogens is 5. The van der Waals surface area contributed by atoms with E-state index in [0.29, 0.717) is 10.0 Å². The molecule has 0 saturated carbocycles. The van der Waals surface area contributed by atoms with Crippen LogP contribution in [0.5, 0.6) is 5.75 Å². The third kappa shape index (κ3) is 4.92. The zero-order valence-corrected chi connectivity index (χ0v) is 16.3. The van der Waals surface area contributed by atoms with E-state index >= 15 is 0 Å². The standard InChI is InChI=1S/C18H12Cl3F2N3O2/c19-11-6-5-10(13(20)7-11)8-26-9-14(21)16(25-26)24-17(27)12-3-1-2-4-15(12)28-18(22)23/h1-7,9,18H,8H2,(H,24,25,27). The highest BCUT2D eigenvalue weighted by Gasteiger charge is 2.18. The normalized spacial score (nSPS) is 10.9. The monoisotopic (exact) mass is 445 g/mol. The molecule has 0 aliphatic rings. The topological polar surface area (TPSA) is 56.2 Å². The van der Waals surface area contributed by atoms with Crippen LogP contribution < -0.4 is 10.1 Å². The molecule has 0 fully saturated rings. The van der Waals surface area contributed by atoms with Crippen molar-refractivity contribution in [1.82, 2.24) is 9.78 Å². The summed E-state index contributed by atoms with van der Waals surface area (Å²) in [4.78, 5) is 12.4. The highest BCUT2D eigenvalue weighted by molar-refractivity contribution is 6.35. The van der Waals surface area contributed by atoms with Crippen molar-refractivity contribution in [2.45, 2.75) is 13.2 Å². The summed E-state index contributed by atoms with van der Waals surface area (Å²) in [5.74, 6) is -0.866. The maximum absolute atomic E-state index is 12.5. The summed E-state index contributed by atoms with van der Waals surface area (Å²) in [7, 11) is 0. The second kappa shape index (κ2) is 8.77. The van der Waals surface area contributed by atoms with Gasteiger partial charge in [0.2, 0.25) is 0 Å². The number of amides is 1. The zero-order valence-electron chi connectivity index (χ0n) is 14.0. The van der Waals surface area contributed by atoms with Gasteiger partial charge in [-0.1, -0.05) is 53.0 Å². The van der Waals surface area contributed by atoms with E-state index in [-0.39, 0.29) is 28.7 Å². The minimum absolute atomic E-state index is 0.0728. The molecular weight excluding hydrogens is 435 g/mol. The zero-order chi connectivity index (χ0) is 20.3. The number of aromatic nitrogens is 2. The molecule has 0 spiro atoms. The largest absolute Gasteiger partial charge is 0.434 e. The van der Waals surface area contributed by atoms with Gasteiger partial charge >= 0.3 is 6.61 Å². The lowest BCUT2D eigenvalue weighted by Crippen LogP contribution is -2.15. The van der Waals surface area contributed by atoms with Crippen LogP contribution in [-0.4, -0.2) is 22.3 Å². The Morgan fingerprint density at radius 3 is 2.61 bits per heavy atom. The molecule has 0 radical (unpaired) electrons. The lowest BCUT2D eigenvalue weighted by Gasteiger charge is -2.10. The van der Waals surface area contributed by atoms with E-state index in [9.17, 15) is 13.6 Å². The van der Waals surface area contributed by atoms with Crippen LogP contribution in [0.2, 0.25) is 15.1 Å². The van der Waals surface area contributed by atoms with Crippen molar-refractivity contribution in [2.24, 2.45) is 0 Å². The van der Waals surface area contributed by atoms with Crippen molar-refractivity contribution in [2.75, 3.05) is 5.32 Å². The second-order valence-electron chi connectivity index (χ2n) is 5.59. The van der Waals surface area contributed by atoms with Crippen LogP contribution >= 0.6 is 34.8 Å². The Hall–Kier alpha value is -2.35. The molecule has 1 N–H and O–H groups in total. The molecule has 5 nitrogen and oxygen atoms in total. The lowest BCUT2D eigenvalue weighted by molar-refractivity contribution is -0.0501. The van der Waals surface area contributed by atoms with Crippen molar-refractivity contribution in [3.8, 4) is 5.75 Å². The van der Waals surface area contributed by atoms with Crippen LogP contribution in [0.1, 0.15) is 15.9 Å². The highest BCUT2D eigenvalue weighted by Crippen LogP contribution is 2.26. The maximum Gasteiger partial charge on any atom is 0.387 e. The second-order valence-corrected chi connectivity index (χ2v) is 6.84. The van der Waals surface area contributed by atoms with Gasteiger partial charge in [-0.05, 0) is 29.8 Å². The summed E-state index contributed by atoms with van der Waals surface area (Å²) in [6.45, 7) is -2.77. The predicted octanol–water partition coefficient (Wildman–Crippen LogP) is 5.75. The van der Waals surface area contributed by atoms with Crippen LogP contribution in [0.25, 0.3) is 0 Å². The number of hydrogen-bond acceptors (Lipinski definition) is 3. The smallest absolute Gasteiger partial charge is 0.387 e. The Labute approximate surface area is 173 Å². The van der Waals surface area contributed by atoms with Crippen LogP contribution in [0.3, 0.4) is 0 Å². The molecule has 3 aromatic rings.